The zero-order valence-electron chi connectivity index (χ0n) is 12.4. The lowest BCUT2D eigenvalue weighted by molar-refractivity contribution is 0.0696. The van der Waals surface area contributed by atoms with Gasteiger partial charge >= 0.3 is 5.97 Å². The zero-order valence-corrected chi connectivity index (χ0v) is 13.2. The van der Waals surface area contributed by atoms with Crippen LogP contribution in [0.1, 0.15) is 17.3 Å². The van der Waals surface area contributed by atoms with E-state index in [9.17, 15) is 13.2 Å². The number of carbonyl (C=O) groups is 1. The Kier molecular flexibility index (Phi) is 6.75. The number of ether oxygens (including phenoxy) is 1. The number of aromatic carboxylic acids is 1. The maximum atomic E-state index is 12.2. The minimum atomic E-state index is -3.95. The fourth-order valence-electron chi connectivity index (χ4n) is 1.81. The quantitative estimate of drug-likeness (QED) is 0.505. The first kappa shape index (κ1) is 18.4. The van der Waals surface area contributed by atoms with Gasteiger partial charge in [0, 0.05) is 19.7 Å². The van der Waals surface area contributed by atoms with Crippen molar-refractivity contribution in [1.82, 2.24) is 4.72 Å². The molecule has 0 unspecified atom stereocenters. The average Bonchev–Trinajstić information content (AvgIpc) is 2.45. The summed E-state index contributed by atoms with van der Waals surface area (Å²) in [5.74, 6) is -1.23. The first-order valence-electron chi connectivity index (χ1n) is 6.55. The molecule has 9 heteroatoms. The van der Waals surface area contributed by atoms with E-state index in [1.54, 1.807) is 6.92 Å². The number of carboxylic acid groups (broad SMARTS) is 1. The predicted octanol–water partition coefficient (Wildman–Crippen LogP) is 0.102. The van der Waals surface area contributed by atoms with Crippen molar-refractivity contribution >= 4 is 21.7 Å². The molecule has 0 spiro atoms. The number of aliphatic hydroxyl groups excluding tert-OH is 1. The van der Waals surface area contributed by atoms with Crippen molar-refractivity contribution < 1.29 is 28.2 Å². The van der Waals surface area contributed by atoms with Crippen molar-refractivity contribution in [2.75, 3.05) is 32.2 Å². The maximum absolute atomic E-state index is 12.2. The Morgan fingerprint density at radius 1 is 1.41 bits per heavy atom. The van der Waals surface area contributed by atoms with Crippen LogP contribution in [0.5, 0.6) is 0 Å². The first-order valence-corrected chi connectivity index (χ1v) is 8.03. The number of aliphatic hydroxyl groups is 1. The summed E-state index contributed by atoms with van der Waals surface area (Å²) in [6.07, 6.45) is 0. The molecule has 0 bridgehead atoms. The SMILES string of the molecule is COC[C@@H](C)Nc1ccc(C(=O)O)cc1S(=O)(=O)NCCO. The average molecular weight is 332 g/mol. The molecule has 0 amide bonds. The molecule has 0 saturated heterocycles. The lowest BCUT2D eigenvalue weighted by Gasteiger charge is -2.18. The summed E-state index contributed by atoms with van der Waals surface area (Å²) >= 11 is 0. The smallest absolute Gasteiger partial charge is 0.335 e. The van der Waals surface area contributed by atoms with E-state index >= 15 is 0 Å². The fraction of sp³-hybridized carbons (Fsp3) is 0.462. The monoisotopic (exact) mass is 332 g/mol. The minimum Gasteiger partial charge on any atom is -0.478 e. The number of rotatable bonds is 9. The van der Waals surface area contributed by atoms with Gasteiger partial charge in [0.15, 0.2) is 0 Å². The van der Waals surface area contributed by atoms with Gasteiger partial charge in [-0.3, -0.25) is 0 Å². The molecular formula is C13H20N2O6S. The van der Waals surface area contributed by atoms with Crippen molar-refractivity contribution in [1.29, 1.82) is 0 Å². The van der Waals surface area contributed by atoms with Crippen LogP contribution in [-0.4, -0.2) is 57.5 Å². The molecule has 0 saturated carbocycles. The van der Waals surface area contributed by atoms with Crippen LogP contribution in [0.3, 0.4) is 0 Å². The molecule has 0 heterocycles. The van der Waals surface area contributed by atoms with Gasteiger partial charge in [-0.15, -0.1) is 0 Å². The fourth-order valence-corrected chi connectivity index (χ4v) is 3.03. The van der Waals surface area contributed by atoms with Crippen LogP contribution >= 0.6 is 0 Å². The Labute approximate surface area is 129 Å². The molecule has 1 aromatic rings. The second kappa shape index (κ2) is 8.08. The molecule has 1 aromatic carbocycles. The topological polar surface area (TPSA) is 125 Å². The largest absolute Gasteiger partial charge is 0.478 e. The Balaban J connectivity index is 3.23. The number of benzene rings is 1. The molecule has 0 radical (unpaired) electrons. The second-order valence-electron chi connectivity index (χ2n) is 4.64. The molecule has 8 nitrogen and oxygen atoms in total. The van der Waals surface area contributed by atoms with Crippen LogP contribution in [0, 0.1) is 0 Å². The normalized spacial score (nSPS) is 12.9. The summed E-state index contributed by atoms with van der Waals surface area (Å²) in [5.41, 5.74) is 0.120. The molecule has 1 rings (SSSR count). The van der Waals surface area contributed by atoms with Gasteiger partial charge in [-0.05, 0) is 25.1 Å². The van der Waals surface area contributed by atoms with Crippen molar-refractivity contribution in [2.45, 2.75) is 17.9 Å². The summed E-state index contributed by atoms with van der Waals surface area (Å²) in [6, 6.07) is 3.61. The molecule has 0 fully saturated rings. The molecule has 22 heavy (non-hydrogen) atoms. The number of hydrogen-bond donors (Lipinski definition) is 4. The molecule has 0 aromatic heterocycles. The van der Waals surface area contributed by atoms with Crippen molar-refractivity contribution in [2.24, 2.45) is 0 Å². The molecular weight excluding hydrogens is 312 g/mol. The van der Waals surface area contributed by atoms with Gasteiger partial charge in [0.05, 0.1) is 24.5 Å². The van der Waals surface area contributed by atoms with E-state index in [-0.39, 0.29) is 35.3 Å². The van der Waals surface area contributed by atoms with Crippen LogP contribution in [0.15, 0.2) is 23.1 Å². The van der Waals surface area contributed by atoms with E-state index in [0.717, 1.165) is 6.07 Å². The van der Waals surface area contributed by atoms with Gasteiger partial charge in [0.25, 0.3) is 0 Å². The minimum absolute atomic E-state index is 0.144. The molecule has 4 N–H and O–H groups in total. The summed E-state index contributed by atoms with van der Waals surface area (Å²) in [4.78, 5) is 10.8. The van der Waals surface area contributed by atoms with E-state index in [4.69, 9.17) is 14.9 Å². The summed E-state index contributed by atoms with van der Waals surface area (Å²) in [6.45, 7) is 1.63. The molecule has 0 aliphatic heterocycles. The number of hydrogen-bond acceptors (Lipinski definition) is 6. The highest BCUT2D eigenvalue weighted by atomic mass is 32.2. The van der Waals surface area contributed by atoms with Crippen molar-refractivity contribution in [3.63, 3.8) is 0 Å². The number of carboxylic acids is 1. The summed E-state index contributed by atoms with van der Waals surface area (Å²) in [7, 11) is -2.43. The van der Waals surface area contributed by atoms with E-state index in [2.05, 4.69) is 10.0 Å². The highest BCUT2D eigenvalue weighted by Gasteiger charge is 2.21. The van der Waals surface area contributed by atoms with Gasteiger partial charge in [-0.1, -0.05) is 0 Å². The van der Waals surface area contributed by atoms with E-state index in [1.165, 1.54) is 19.2 Å². The molecule has 0 aliphatic rings. The number of anilines is 1. The Hall–Kier alpha value is -1.68. The van der Waals surface area contributed by atoms with Crippen LogP contribution in [-0.2, 0) is 14.8 Å². The van der Waals surface area contributed by atoms with Gasteiger partial charge in [0.1, 0.15) is 4.90 Å². The van der Waals surface area contributed by atoms with Crippen molar-refractivity contribution in [3.8, 4) is 0 Å². The summed E-state index contributed by atoms with van der Waals surface area (Å²) < 4.78 is 31.6. The van der Waals surface area contributed by atoms with Gasteiger partial charge in [0.2, 0.25) is 10.0 Å². The lowest BCUT2D eigenvalue weighted by atomic mass is 10.2. The van der Waals surface area contributed by atoms with Crippen LogP contribution in [0.25, 0.3) is 0 Å². The summed E-state index contributed by atoms with van der Waals surface area (Å²) in [5, 5.41) is 20.7. The number of nitrogens with one attached hydrogen (secondary N) is 2. The third-order valence-corrected chi connectivity index (χ3v) is 4.24. The van der Waals surface area contributed by atoms with E-state index in [1.807, 2.05) is 0 Å². The Bertz CT molecular complexity index is 617. The van der Waals surface area contributed by atoms with Crippen LogP contribution in [0.2, 0.25) is 0 Å². The molecule has 124 valence electrons. The van der Waals surface area contributed by atoms with E-state index in [0.29, 0.717) is 6.61 Å². The molecule has 1 atom stereocenters. The van der Waals surface area contributed by atoms with Crippen molar-refractivity contribution in [3.05, 3.63) is 23.8 Å². The Morgan fingerprint density at radius 3 is 2.64 bits per heavy atom. The van der Waals surface area contributed by atoms with Crippen LogP contribution < -0.4 is 10.0 Å². The van der Waals surface area contributed by atoms with Gasteiger partial charge in [-0.2, -0.15) is 0 Å². The highest BCUT2D eigenvalue weighted by molar-refractivity contribution is 7.89. The maximum Gasteiger partial charge on any atom is 0.335 e. The molecule has 0 aliphatic carbocycles. The third-order valence-electron chi connectivity index (χ3n) is 2.74. The standard InChI is InChI=1S/C13H20N2O6S/c1-9(8-21-2)15-11-4-3-10(13(17)18)7-12(11)22(19,20)14-5-6-16/h3-4,7,9,14-16H,5-6,8H2,1-2H3,(H,17,18)/t9-/m1/s1. The number of sulfonamides is 1. The van der Waals surface area contributed by atoms with Crippen LogP contribution in [0.4, 0.5) is 5.69 Å². The van der Waals surface area contributed by atoms with Gasteiger partial charge in [-0.25, -0.2) is 17.9 Å². The predicted molar refractivity (Wildman–Crippen MR) is 80.6 cm³/mol. The Morgan fingerprint density at radius 2 is 2.09 bits per heavy atom. The van der Waals surface area contributed by atoms with Gasteiger partial charge < -0.3 is 20.3 Å². The zero-order chi connectivity index (χ0) is 16.8. The van der Waals surface area contributed by atoms with E-state index < -0.39 is 16.0 Å². The second-order valence-corrected chi connectivity index (χ2v) is 6.37. The highest BCUT2D eigenvalue weighted by Crippen LogP contribution is 2.23. The first-order chi connectivity index (χ1) is 10.3. The number of methoxy groups -OCH3 is 1. The third kappa shape index (κ3) is 4.95. The lowest BCUT2D eigenvalue weighted by Crippen LogP contribution is -2.29.